The molecule has 4 heteroatoms. The Morgan fingerprint density at radius 1 is 1.50 bits per heavy atom. The summed E-state index contributed by atoms with van der Waals surface area (Å²) < 4.78 is 5.51. The molecule has 0 saturated heterocycles. The minimum atomic E-state index is 0.282. The lowest BCUT2D eigenvalue weighted by Gasteiger charge is -2.20. The molecule has 16 heavy (non-hydrogen) atoms. The zero-order valence-corrected chi connectivity index (χ0v) is 10.9. The average molecular weight is 243 g/mol. The van der Waals surface area contributed by atoms with Crippen LogP contribution in [0.25, 0.3) is 0 Å². The molecule has 0 aromatic carbocycles. The zero-order valence-electron chi connectivity index (χ0n) is 10.1. The monoisotopic (exact) mass is 242 g/mol. The van der Waals surface area contributed by atoms with Crippen LogP contribution in [-0.2, 0) is 10.6 Å². The third-order valence-corrected chi connectivity index (χ3v) is 2.53. The summed E-state index contributed by atoms with van der Waals surface area (Å²) in [5.74, 6) is 0.449. The summed E-state index contributed by atoms with van der Waals surface area (Å²) in [6, 6.07) is 3.98. The maximum absolute atomic E-state index is 5.74. The van der Waals surface area contributed by atoms with E-state index in [-0.39, 0.29) is 6.10 Å². The van der Waals surface area contributed by atoms with E-state index >= 15 is 0 Å². The van der Waals surface area contributed by atoms with E-state index in [1.54, 1.807) is 6.20 Å². The summed E-state index contributed by atoms with van der Waals surface area (Å²) in [5.41, 5.74) is 2.02. The lowest BCUT2D eigenvalue weighted by Crippen LogP contribution is -2.24. The quantitative estimate of drug-likeness (QED) is 0.718. The van der Waals surface area contributed by atoms with Crippen LogP contribution in [0.1, 0.15) is 19.5 Å². The fourth-order valence-corrected chi connectivity index (χ4v) is 1.48. The second-order valence-electron chi connectivity index (χ2n) is 3.98. The molecule has 0 amide bonds. The topological polar surface area (TPSA) is 25.4 Å². The molecule has 0 fully saturated rings. The van der Waals surface area contributed by atoms with Gasteiger partial charge in [0.25, 0.3) is 0 Å². The summed E-state index contributed by atoms with van der Waals surface area (Å²) in [5, 5.41) is 0. The Labute approximate surface area is 102 Å². The van der Waals surface area contributed by atoms with Gasteiger partial charge >= 0.3 is 0 Å². The summed E-state index contributed by atoms with van der Waals surface area (Å²) in [4.78, 5) is 6.30. The highest BCUT2D eigenvalue weighted by Gasteiger charge is 2.03. The summed E-state index contributed by atoms with van der Waals surface area (Å²) in [7, 11) is 2.04. The molecule has 0 N–H and O–H groups in total. The second-order valence-corrected chi connectivity index (χ2v) is 4.25. The van der Waals surface area contributed by atoms with Crippen LogP contribution in [0.3, 0.4) is 0 Å². The van der Waals surface area contributed by atoms with Crippen molar-refractivity contribution < 1.29 is 4.74 Å². The summed E-state index contributed by atoms with van der Waals surface area (Å²) in [6.07, 6.45) is 2.07. The Morgan fingerprint density at radius 2 is 2.25 bits per heavy atom. The molecular formula is C12H19ClN2O. The molecule has 0 aliphatic rings. The number of alkyl halides is 1. The van der Waals surface area contributed by atoms with Crippen molar-refractivity contribution in [2.75, 3.05) is 25.1 Å². The maximum atomic E-state index is 5.74. The molecule has 1 aromatic rings. The largest absolute Gasteiger partial charge is 0.377 e. The first-order chi connectivity index (χ1) is 7.63. The Bertz CT molecular complexity index is 318. The fraction of sp³-hybridized carbons (Fsp3) is 0.583. The standard InChI is InChI=1S/C12H19ClN2O/c1-10(2)16-7-6-15(3)12-4-5-14-11(8-12)9-13/h4-5,8,10H,6-7,9H2,1-3H3. The van der Waals surface area contributed by atoms with Gasteiger partial charge in [-0.3, -0.25) is 4.98 Å². The van der Waals surface area contributed by atoms with Crippen molar-refractivity contribution in [1.82, 2.24) is 4.98 Å². The minimum Gasteiger partial charge on any atom is -0.377 e. The van der Waals surface area contributed by atoms with Gasteiger partial charge in [-0.2, -0.15) is 0 Å². The van der Waals surface area contributed by atoms with Crippen LogP contribution in [0.2, 0.25) is 0 Å². The van der Waals surface area contributed by atoms with Gasteiger partial charge in [-0.25, -0.2) is 0 Å². The third kappa shape index (κ3) is 4.37. The predicted octanol–water partition coefficient (Wildman–Crippen LogP) is 2.68. The molecule has 0 atom stereocenters. The van der Waals surface area contributed by atoms with E-state index < -0.39 is 0 Å². The summed E-state index contributed by atoms with van der Waals surface area (Å²) >= 11 is 5.74. The number of hydrogen-bond donors (Lipinski definition) is 0. The van der Waals surface area contributed by atoms with Gasteiger partial charge in [0.15, 0.2) is 0 Å². The van der Waals surface area contributed by atoms with Gasteiger partial charge in [-0.1, -0.05) is 0 Å². The molecule has 0 aliphatic heterocycles. The maximum Gasteiger partial charge on any atom is 0.0648 e. The Hall–Kier alpha value is -0.800. The van der Waals surface area contributed by atoms with Gasteiger partial charge in [-0.15, -0.1) is 11.6 Å². The fourth-order valence-electron chi connectivity index (χ4n) is 1.33. The van der Waals surface area contributed by atoms with Gasteiger partial charge in [0.2, 0.25) is 0 Å². The Morgan fingerprint density at radius 3 is 2.88 bits per heavy atom. The van der Waals surface area contributed by atoms with Crippen molar-refractivity contribution in [1.29, 1.82) is 0 Å². The first kappa shape index (κ1) is 13.3. The highest BCUT2D eigenvalue weighted by molar-refractivity contribution is 6.16. The van der Waals surface area contributed by atoms with Crippen molar-refractivity contribution in [2.45, 2.75) is 25.8 Å². The Balaban J connectivity index is 2.48. The second kappa shape index (κ2) is 6.71. The van der Waals surface area contributed by atoms with Gasteiger partial charge in [0, 0.05) is 25.5 Å². The van der Waals surface area contributed by atoms with Crippen LogP contribution in [0.5, 0.6) is 0 Å². The number of pyridine rings is 1. The number of likely N-dealkylation sites (N-methyl/N-ethyl adjacent to an activating group) is 1. The molecule has 0 bridgehead atoms. The normalized spacial score (nSPS) is 10.8. The lowest BCUT2D eigenvalue weighted by molar-refractivity contribution is 0.0846. The van der Waals surface area contributed by atoms with E-state index in [2.05, 4.69) is 9.88 Å². The molecule has 0 radical (unpaired) electrons. The highest BCUT2D eigenvalue weighted by Crippen LogP contribution is 2.13. The van der Waals surface area contributed by atoms with Crippen molar-refractivity contribution in [3.05, 3.63) is 24.0 Å². The van der Waals surface area contributed by atoms with E-state index in [9.17, 15) is 0 Å². The highest BCUT2D eigenvalue weighted by atomic mass is 35.5. The smallest absolute Gasteiger partial charge is 0.0648 e. The van der Waals surface area contributed by atoms with Crippen LogP contribution < -0.4 is 4.90 Å². The van der Waals surface area contributed by atoms with Crippen molar-refractivity contribution in [2.24, 2.45) is 0 Å². The molecule has 0 spiro atoms. The average Bonchev–Trinajstić information content (AvgIpc) is 2.28. The first-order valence-corrected chi connectivity index (χ1v) is 6.00. The predicted molar refractivity (Wildman–Crippen MR) is 68.2 cm³/mol. The number of aromatic nitrogens is 1. The molecule has 3 nitrogen and oxygen atoms in total. The van der Waals surface area contributed by atoms with Crippen molar-refractivity contribution >= 4 is 17.3 Å². The van der Waals surface area contributed by atoms with Crippen molar-refractivity contribution in [3.8, 4) is 0 Å². The number of hydrogen-bond acceptors (Lipinski definition) is 3. The number of halogens is 1. The van der Waals surface area contributed by atoms with E-state index in [1.807, 2.05) is 33.0 Å². The van der Waals surface area contributed by atoms with E-state index in [0.717, 1.165) is 24.5 Å². The summed E-state index contributed by atoms with van der Waals surface area (Å²) in [6.45, 7) is 5.67. The van der Waals surface area contributed by atoms with Gasteiger partial charge in [0.05, 0.1) is 24.3 Å². The van der Waals surface area contributed by atoms with Crippen LogP contribution in [0.15, 0.2) is 18.3 Å². The Kier molecular flexibility index (Phi) is 5.56. The van der Waals surface area contributed by atoms with Gasteiger partial charge < -0.3 is 9.64 Å². The molecule has 1 aromatic heterocycles. The van der Waals surface area contributed by atoms with Crippen LogP contribution in [0.4, 0.5) is 5.69 Å². The molecule has 1 heterocycles. The molecule has 90 valence electrons. The van der Waals surface area contributed by atoms with E-state index in [1.165, 1.54) is 0 Å². The zero-order chi connectivity index (χ0) is 12.0. The van der Waals surface area contributed by atoms with Gasteiger partial charge in [-0.05, 0) is 26.0 Å². The van der Waals surface area contributed by atoms with Crippen LogP contribution in [-0.4, -0.2) is 31.3 Å². The SMILES string of the molecule is CC(C)OCCN(C)c1ccnc(CCl)c1. The van der Waals surface area contributed by atoms with Crippen LogP contribution >= 0.6 is 11.6 Å². The molecular weight excluding hydrogens is 224 g/mol. The molecule has 0 unspecified atom stereocenters. The number of anilines is 1. The van der Waals surface area contributed by atoms with Crippen molar-refractivity contribution in [3.63, 3.8) is 0 Å². The van der Waals surface area contributed by atoms with Crippen LogP contribution in [0, 0.1) is 0 Å². The lowest BCUT2D eigenvalue weighted by atomic mass is 10.3. The van der Waals surface area contributed by atoms with E-state index in [0.29, 0.717) is 5.88 Å². The minimum absolute atomic E-state index is 0.282. The van der Waals surface area contributed by atoms with Gasteiger partial charge in [0.1, 0.15) is 0 Å². The third-order valence-electron chi connectivity index (χ3n) is 2.26. The molecule has 0 aliphatic carbocycles. The van der Waals surface area contributed by atoms with E-state index in [4.69, 9.17) is 16.3 Å². The first-order valence-electron chi connectivity index (χ1n) is 5.47. The molecule has 1 rings (SSSR count). The molecule has 0 saturated carbocycles. The number of rotatable bonds is 6. The number of nitrogens with zero attached hydrogens (tertiary/aromatic N) is 2. The number of ether oxygens (including phenoxy) is 1.